The molecule has 1 saturated carbocycles. The minimum atomic E-state index is 0.191. The summed E-state index contributed by atoms with van der Waals surface area (Å²) in [5, 5.41) is 3.19. The van der Waals surface area contributed by atoms with Gasteiger partial charge in [-0.2, -0.15) is 0 Å². The molecule has 4 heteroatoms. The summed E-state index contributed by atoms with van der Waals surface area (Å²) < 4.78 is 0. The van der Waals surface area contributed by atoms with Crippen LogP contribution in [0.1, 0.15) is 38.5 Å². The molecule has 0 unspecified atom stereocenters. The van der Waals surface area contributed by atoms with Crippen LogP contribution in [0.2, 0.25) is 0 Å². The Balaban J connectivity index is 1.93. The SMILES string of the molecule is CNC[C@@H]1CCCN1C(=O)[C@H]1CCC[C@@H](N)C1. The van der Waals surface area contributed by atoms with Crippen molar-refractivity contribution in [2.75, 3.05) is 20.1 Å². The van der Waals surface area contributed by atoms with Crippen molar-refractivity contribution in [1.82, 2.24) is 10.2 Å². The summed E-state index contributed by atoms with van der Waals surface area (Å²) in [4.78, 5) is 14.6. The predicted octanol–water partition coefficient (Wildman–Crippen LogP) is 0.714. The lowest BCUT2D eigenvalue weighted by molar-refractivity contribution is -0.137. The van der Waals surface area contributed by atoms with Crippen LogP contribution in [0.3, 0.4) is 0 Å². The summed E-state index contributed by atoms with van der Waals surface area (Å²) in [6.45, 7) is 1.86. The summed E-state index contributed by atoms with van der Waals surface area (Å²) in [5.74, 6) is 0.550. The Bertz CT molecular complexity index is 269. The van der Waals surface area contributed by atoms with Gasteiger partial charge in [0.2, 0.25) is 5.91 Å². The minimum absolute atomic E-state index is 0.191. The number of likely N-dealkylation sites (N-methyl/N-ethyl adjacent to an activating group) is 1. The average Bonchev–Trinajstić information content (AvgIpc) is 2.77. The highest BCUT2D eigenvalue weighted by molar-refractivity contribution is 5.79. The topological polar surface area (TPSA) is 58.4 Å². The third kappa shape index (κ3) is 2.99. The van der Waals surface area contributed by atoms with E-state index < -0.39 is 0 Å². The predicted molar refractivity (Wildman–Crippen MR) is 68.6 cm³/mol. The summed E-state index contributed by atoms with van der Waals surface area (Å²) in [6, 6.07) is 0.647. The molecule has 0 aromatic rings. The number of amides is 1. The standard InChI is InChI=1S/C13H25N3O/c1-15-9-12-6-3-7-16(12)13(17)10-4-2-5-11(14)8-10/h10-12,15H,2-9,14H2,1H3/t10-,11+,12-/m0/s1. The summed E-state index contributed by atoms with van der Waals surface area (Å²) in [6.07, 6.45) is 6.42. The zero-order chi connectivity index (χ0) is 12.3. The molecule has 1 aliphatic heterocycles. The van der Waals surface area contributed by atoms with E-state index in [1.807, 2.05) is 7.05 Å². The molecule has 98 valence electrons. The number of rotatable bonds is 3. The molecule has 1 saturated heterocycles. The van der Waals surface area contributed by atoms with Gasteiger partial charge in [0.15, 0.2) is 0 Å². The zero-order valence-corrected chi connectivity index (χ0v) is 10.8. The molecule has 1 aliphatic carbocycles. The lowest BCUT2D eigenvalue weighted by Gasteiger charge is -2.32. The third-order valence-corrected chi connectivity index (χ3v) is 4.16. The summed E-state index contributed by atoms with van der Waals surface area (Å²) >= 11 is 0. The molecular weight excluding hydrogens is 214 g/mol. The van der Waals surface area contributed by atoms with Crippen LogP contribution in [0.15, 0.2) is 0 Å². The van der Waals surface area contributed by atoms with Crippen molar-refractivity contribution >= 4 is 5.91 Å². The van der Waals surface area contributed by atoms with Crippen LogP contribution in [-0.4, -0.2) is 43.0 Å². The van der Waals surface area contributed by atoms with Crippen LogP contribution in [-0.2, 0) is 4.79 Å². The fourth-order valence-electron chi connectivity index (χ4n) is 3.26. The Kier molecular flexibility index (Phi) is 4.40. The number of nitrogens with two attached hydrogens (primary N) is 1. The van der Waals surface area contributed by atoms with Gasteiger partial charge >= 0.3 is 0 Å². The van der Waals surface area contributed by atoms with E-state index in [2.05, 4.69) is 10.2 Å². The van der Waals surface area contributed by atoms with E-state index in [1.165, 1.54) is 0 Å². The molecule has 0 aromatic carbocycles. The molecule has 2 fully saturated rings. The number of likely N-dealkylation sites (tertiary alicyclic amines) is 1. The molecule has 2 aliphatic rings. The van der Waals surface area contributed by atoms with Crippen molar-refractivity contribution in [3.8, 4) is 0 Å². The van der Waals surface area contributed by atoms with E-state index in [1.54, 1.807) is 0 Å². The molecular formula is C13H25N3O. The Morgan fingerprint density at radius 1 is 1.35 bits per heavy atom. The molecule has 1 heterocycles. The number of carbonyl (C=O) groups is 1. The van der Waals surface area contributed by atoms with Gasteiger partial charge in [-0.25, -0.2) is 0 Å². The first kappa shape index (κ1) is 12.8. The Morgan fingerprint density at radius 2 is 2.18 bits per heavy atom. The maximum Gasteiger partial charge on any atom is 0.226 e. The maximum absolute atomic E-state index is 12.5. The number of nitrogens with zero attached hydrogens (tertiary/aromatic N) is 1. The van der Waals surface area contributed by atoms with Gasteiger partial charge in [0.25, 0.3) is 0 Å². The number of carbonyl (C=O) groups excluding carboxylic acids is 1. The molecule has 2 rings (SSSR count). The van der Waals surface area contributed by atoms with Crippen molar-refractivity contribution in [2.24, 2.45) is 11.7 Å². The van der Waals surface area contributed by atoms with Gasteiger partial charge in [0.1, 0.15) is 0 Å². The van der Waals surface area contributed by atoms with E-state index in [0.717, 1.165) is 51.6 Å². The molecule has 0 bridgehead atoms. The number of hydrogen-bond acceptors (Lipinski definition) is 3. The first-order chi connectivity index (χ1) is 8.22. The quantitative estimate of drug-likeness (QED) is 0.763. The monoisotopic (exact) mass is 239 g/mol. The Labute approximate surface area is 104 Å². The van der Waals surface area contributed by atoms with Gasteiger partial charge in [-0.05, 0) is 39.2 Å². The highest BCUT2D eigenvalue weighted by Gasteiger charge is 2.34. The van der Waals surface area contributed by atoms with Crippen LogP contribution in [0, 0.1) is 5.92 Å². The summed E-state index contributed by atoms with van der Waals surface area (Å²) in [5.41, 5.74) is 5.97. The fourth-order valence-corrected chi connectivity index (χ4v) is 3.26. The number of nitrogens with one attached hydrogen (secondary N) is 1. The van der Waals surface area contributed by atoms with Crippen LogP contribution < -0.4 is 11.1 Å². The van der Waals surface area contributed by atoms with Gasteiger partial charge in [-0.15, -0.1) is 0 Å². The van der Waals surface area contributed by atoms with Crippen molar-refractivity contribution < 1.29 is 4.79 Å². The molecule has 3 atom stereocenters. The largest absolute Gasteiger partial charge is 0.338 e. The van der Waals surface area contributed by atoms with Crippen molar-refractivity contribution in [2.45, 2.75) is 50.6 Å². The third-order valence-electron chi connectivity index (χ3n) is 4.16. The second-order valence-corrected chi connectivity index (χ2v) is 5.51. The Hall–Kier alpha value is -0.610. The van der Waals surface area contributed by atoms with E-state index in [-0.39, 0.29) is 12.0 Å². The average molecular weight is 239 g/mol. The first-order valence-corrected chi connectivity index (χ1v) is 6.93. The normalized spacial score (nSPS) is 34.0. The van der Waals surface area contributed by atoms with E-state index >= 15 is 0 Å². The first-order valence-electron chi connectivity index (χ1n) is 6.93. The fraction of sp³-hybridized carbons (Fsp3) is 0.923. The van der Waals surface area contributed by atoms with Gasteiger partial charge in [0, 0.05) is 31.1 Å². The van der Waals surface area contributed by atoms with Gasteiger partial charge < -0.3 is 16.0 Å². The lowest BCUT2D eigenvalue weighted by atomic mass is 9.85. The maximum atomic E-state index is 12.5. The summed E-state index contributed by atoms with van der Waals surface area (Å²) in [7, 11) is 1.96. The van der Waals surface area contributed by atoms with Crippen molar-refractivity contribution in [3.05, 3.63) is 0 Å². The molecule has 3 N–H and O–H groups in total. The second-order valence-electron chi connectivity index (χ2n) is 5.51. The van der Waals surface area contributed by atoms with E-state index in [4.69, 9.17) is 5.73 Å². The highest BCUT2D eigenvalue weighted by atomic mass is 16.2. The molecule has 17 heavy (non-hydrogen) atoms. The number of hydrogen-bond donors (Lipinski definition) is 2. The molecule has 0 radical (unpaired) electrons. The van der Waals surface area contributed by atoms with Gasteiger partial charge in [-0.1, -0.05) is 6.42 Å². The molecule has 0 spiro atoms. The molecule has 0 aromatic heterocycles. The zero-order valence-electron chi connectivity index (χ0n) is 10.8. The second kappa shape index (κ2) is 5.83. The van der Waals surface area contributed by atoms with Crippen LogP contribution >= 0.6 is 0 Å². The Morgan fingerprint density at radius 3 is 2.88 bits per heavy atom. The van der Waals surface area contributed by atoms with Crippen LogP contribution in [0.5, 0.6) is 0 Å². The van der Waals surface area contributed by atoms with E-state index in [9.17, 15) is 4.79 Å². The molecule has 1 amide bonds. The highest BCUT2D eigenvalue weighted by Crippen LogP contribution is 2.28. The molecule has 4 nitrogen and oxygen atoms in total. The minimum Gasteiger partial charge on any atom is -0.338 e. The smallest absolute Gasteiger partial charge is 0.226 e. The van der Waals surface area contributed by atoms with Crippen molar-refractivity contribution in [1.29, 1.82) is 0 Å². The van der Waals surface area contributed by atoms with Crippen LogP contribution in [0.4, 0.5) is 0 Å². The van der Waals surface area contributed by atoms with Gasteiger partial charge in [0.05, 0.1) is 0 Å². The van der Waals surface area contributed by atoms with Crippen LogP contribution in [0.25, 0.3) is 0 Å². The van der Waals surface area contributed by atoms with Crippen molar-refractivity contribution in [3.63, 3.8) is 0 Å². The van der Waals surface area contributed by atoms with Gasteiger partial charge in [-0.3, -0.25) is 4.79 Å². The van der Waals surface area contributed by atoms with E-state index in [0.29, 0.717) is 11.9 Å². The lowest BCUT2D eigenvalue weighted by Crippen LogP contribution is -2.45.